The van der Waals surface area contributed by atoms with Crippen LogP contribution in [-0.2, 0) is 23.7 Å². The summed E-state index contributed by atoms with van der Waals surface area (Å²) >= 11 is 0. The predicted molar refractivity (Wildman–Crippen MR) is 88.1 cm³/mol. The van der Waals surface area contributed by atoms with Gasteiger partial charge >= 0.3 is 12.1 Å². The van der Waals surface area contributed by atoms with Crippen LogP contribution in [0.4, 0.5) is 4.79 Å². The highest BCUT2D eigenvalue weighted by Gasteiger charge is 2.19. The molecule has 8 heteroatoms. The Kier molecular flexibility index (Phi) is 12.2. The lowest BCUT2D eigenvalue weighted by molar-refractivity contribution is -0.142. The highest BCUT2D eigenvalue weighted by atomic mass is 16.6. The first-order chi connectivity index (χ1) is 11.3. The number of methoxy groups -OCH3 is 1. The van der Waals surface area contributed by atoms with Crippen LogP contribution in [0.2, 0.25) is 0 Å². The Morgan fingerprint density at radius 1 is 1.00 bits per heavy atom. The first kappa shape index (κ1) is 22.6. The maximum Gasteiger partial charge on any atom is 0.407 e. The summed E-state index contributed by atoms with van der Waals surface area (Å²) in [6.07, 6.45) is 0.155. The zero-order valence-corrected chi connectivity index (χ0v) is 15.1. The van der Waals surface area contributed by atoms with Gasteiger partial charge in [-0.05, 0) is 33.6 Å². The third kappa shape index (κ3) is 14.2. The van der Waals surface area contributed by atoms with Crippen LogP contribution >= 0.6 is 0 Å². The van der Waals surface area contributed by atoms with Crippen LogP contribution in [0.15, 0.2) is 0 Å². The van der Waals surface area contributed by atoms with E-state index in [2.05, 4.69) is 5.32 Å². The number of carbonyl (C=O) groups is 2. The molecule has 1 atom stereocenters. The predicted octanol–water partition coefficient (Wildman–Crippen LogP) is 1.67. The number of carboxylic acid groups (broad SMARTS) is 1. The molecule has 0 aliphatic carbocycles. The Bertz CT molecular complexity index is 355. The molecule has 0 saturated carbocycles. The molecule has 0 rings (SSSR count). The van der Waals surface area contributed by atoms with Crippen molar-refractivity contribution in [3.05, 3.63) is 0 Å². The summed E-state index contributed by atoms with van der Waals surface area (Å²) in [7, 11) is 1.60. The standard InChI is InChI=1S/C16H31NO7/c1-16(2,3)24-15(20)17-7-5-13(14(18)19)6-8-22-11-12-23-10-9-21-4/h13H,5-12H2,1-4H3,(H,17,20)(H,18,19). The molecule has 0 aromatic rings. The summed E-state index contributed by atoms with van der Waals surface area (Å²) in [4.78, 5) is 22.7. The van der Waals surface area contributed by atoms with Crippen molar-refractivity contribution < 1.29 is 33.6 Å². The summed E-state index contributed by atoms with van der Waals surface area (Å²) in [5.41, 5.74) is -0.574. The van der Waals surface area contributed by atoms with Crippen LogP contribution in [0.3, 0.4) is 0 Å². The molecule has 0 heterocycles. The lowest BCUT2D eigenvalue weighted by Gasteiger charge is -2.20. The van der Waals surface area contributed by atoms with Gasteiger partial charge in [-0.25, -0.2) is 4.79 Å². The summed E-state index contributed by atoms with van der Waals surface area (Å²) < 4.78 is 20.5. The van der Waals surface area contributed by atoms with Crippen LogP contribution in [0.5, 0.6) is 0 Å². The fraction of sp³-hybridized carbons (Fsp3) is 0.875. The van der Waals surface area contributed by atoms with E-state index in [1.165, 1.54) is 0 Å². The Hall–Kier alpha value is -1.38. The van der Waals surface area contributed by atoms with Crippen LogP contribution in [0.25, 0.3) is 0 Å². The lowest BCUT2D eigenvalue weighted by Crippen LogP contribution is -2.34. The number of alkyl carbamates (subject to hydrolysis) is 1. The number of carboxylic acids is 1. The molecule has 24 heavy (non-hydrogen) atoms. The fourth-order valence-electron chi connectivity index (χ4n) is 1.74. The number of nitrogens with one attached hydrogen (secondary N) is 1. The van der Waals surface area contributed by atoms with Crippen molar-refractivity contribution in [3.8, 4) is 0 Å². The van der Waals surface area contributed by atoms with E-state index >= 15 is 0 Å². The first-order valence-electron chi connectivity index (χ1n) is 8.10. The molecular formula is C16H31NO7. The third-order valence-electron chi connectivity index (χ3n) is 2.92. The summed E-state index contributed by atoms with van der Waals surface area (Å²) in [5, 5.41) is 11.7. The minimum absolute atomic E-state index is 0.242. The number of ether oxygens (including phenoxy) is 4. The van der Waals surface area contributed by atoms with Crippen molar-refractivity contribution in [1.82, 2.24) is 5.32 Å². The smallest absolute Gasteiger partial charge is 0.407 e. The number of amides is 1. The van der Waals surface area contributed by atoms with E-state index < -0.39 is 23.6 Å². The van der Waals surface area contributed by atoms with Crippen molar-refractivity contribution in [1.29, 1.82) is 0 Å². The molecule has 0 aromatic heterocycles. The summed E-state index contributed by atoms with van der Waals surface area (Å²) in [5.74, 6) is -1.48. The van der Waals surface area contributed by atoms with Crippen LogP contribution in [-0.4, -0.2) is 69.5 Å². The Morgan fingerprint density at radius 2 is 1.58 bits per heavy atom. The minimum Gasteiger partial charge on any atom is -0.481 e. The van der Waals surface area contributed by atoms with Gasteiger partial charge in [-0.15, -0.1) is 0 Å². The van der Waals surface area contributed by atoms with Gasteiger partial charge in [-0.3, -0.25) is 4.79 Å². The van der Waals surface area contributed by atoms with Crippen molar-refractivity contribution >= 4 is 12.1 Å². The molecule has 0 spiro atoms. The molecule has 2 N–H and O–H groups in total. The second-order valence-corrected chi connectivity index (χ2v) is 6.26. The van der Waals surface area contributed by atoms with E-state index in [-0.39, 0.29) is 6.54 Å². The van der Waals surface area contributed by atoms with E-state index in [4.69, 9.17) is 18.9 Å². The van der Waals surface area contributed by atoms with Gasteiger partial charge in [-0.1, -0.05) is 0 Å². The number of hydrogen-bond acceptors (Lipinski definition) is 6. The van der Waals surface area contributed by atoms with Gasteiger partial charge in [-0.2, -0.15) is 0 Å². The maximum absolute atomic E-state index is 11.5. The van der Waals surface area contributed by atoms with E-state index in [1.54, 1.807) is 27.9 Å². The van der Waals surface area contributed by atoms with E-state index in [1.807, 2.05) is 0 Å². The molecule has 0 aromatic carbocycles. The summed E-state index contributed by atoms with van der Waals surface area (Å²) in [6.45, 7) is 7.77. The van der Waals surface area contributed by atoms with E-state index in [9.17, 15) is 14.7 Å². The second-order valence-electron chi connectivity index (χ2n) is 6.26. The van der Waals surface area contributed by atoms with Gasteiger partial charge in [0.05, 0.1) is 32.3 Å². The Morgan fingerprint density at radius 3 is 2.12 bits per heavy atom. The lowest BCUT2D eigenvalue weighted by atomic mass is 10.0. The Balaban J connectivity index is 3.79. The molecule has 0 aliphatic heterocycles. The number of aliphatic carboxylic acids is 1. The Labute approximate surface area is 143 Å². The number of carbonyl (C=O) groups excluding carboxylic acids is 1. The first-order valence-corrected chi connectivity index (χ1v) is 8.10. The van der Waals surface area contributed by atoms with Crippen molar-refractivity contribution in [2.75, 3.05) is 46.7 Å². The topological polar surface area (TPSA) is 103 Å². The van der Waals surface area contributed by atoms with Crippen molar-refractivity contribution in [2.45, 2.75) is 39.2 Å². The molecule has 1 unspecified atom stereocenters. The molecule has 0 aliphatic rings. The molecule has 0 saturated heterocycles. The van der Waals surface area contributed by atoms with Gasteiger partial charge in [0.15, 0.2) is 0 Å². The SMILES string of the molecule is COCCOCCOCCC(CCNC(=O)OC(C)(C)C)C(=O)O. The fourth-order valence-corrected chi connectivity index (χ4v) is 1.74. The highest BCUT2D eigenvalue weighted by Crippen LogP contribution is 2.10. The van der Waals surface area contributed by atoms with E-state index in [0.717, 1.165) is 0 Å². The van der Waals surface area contributed by atoms with Crippen molar-refractivity contribution in [3.63, 3.8) is 0 Å². The molecule has 0 bridgehead atoms. The van der Waals surface area contributed by atoms with Gasteiger partial charge in [0.2, 0.25) is 0 Å². The van der Waals surface area contributed by atoms with Crippen LogP contribution < -0.4 is 5.32 Å². The molecule has 1 amide bonds. The number of rotatable bonds is 13. The highest BCUT2D eigenvalue weighted by molar-refractivity contribution is 5.70. The maximum atomic E-state index is 11.5. The third-order valence-corrected chi connectivity index (χ3v) is 2.92. The monoisotopic (exact) mass is 349 g/mol. The van der Waals surface area contributed by atoms with Crippen molar-refractivity contribution in [2.24, 2.45) is 5.92 Å². The van der Waals surface area contributed by atoms with Gasteiger partial charge in [0, 0.05) is 20.3 Å². The molecule has 142 valence electrons. The minimum atomic E-state index is -0.902. The number of hydrogen-bond donors (Lipinski definition) is 2. The molecule has 0 radical (unpaired) electrons. The largest absolute Gasteiger partial charge is 0.481 e. The van der Waals surface area contributed by atoms with Gasteiger partial charge in [0.25, 0.3) is 0 Å². The van der Waals surface area contributed by atoms with Crippen LogP contribution in [0, 0.1) is 5.92 Å². The molecule has 8 nitrogen and oxygen atoms in total. The normalized spacial score (nSPS) is 12.7. The summed E-state index contributed by atoms with van der Waals surface area (Å²) in [6, 6.07) is 0. The zero-order valence-electron chi connectivity index (χ0n) is 15.1. The average molecular weight is 349 g/mol. The van der Waals surface area contributed by atoms with Crippen LogP contribution in [0.1, 0.15) is 33.6 Å². The molecule has 0 fully saturated rings. The van der Waals surface area contributed by atoms with E-state index in [0.29, 0.717) is 45.9 Å². The average Bonchev–Trinajstić information content (AvgIpc) is 2.46. The quantitative estimate of drug-likeness (QED) is 0.487. The second kappa shape index (κ2) is 13.0. The molecular weight excluding hydrogens is 318 g/mol. The van der Waals surface area contributed by atoms with Gasteiger partial charge < -0.3 is 29.4 Å². The zero-order chi connectivity index (χ0) is 18.4. The van der Waals surface area contributed by atoms with Gasteiger partial charge in [0.1, 0.15) is 5.60 Å².